The van der Waals surface area contributed by atoms with E-state index in [1.54, 1.807) is 0 Å². The highest BCUT2D eigenvalue weighted by molar-refractivity contribution is 5.79. The second kappa shape index (κ2) is 6.62. The number of aryl methyl sites for hydroxylation is 1. The summed E-state index contributed by atoms with van der Waals surface area (Å²) in [5, 5.41) is 8.75. The Kier molecular flexibility index (Phi) is 4.32. The highest BCUT2D eigenvalue weighted by atomic mass is 16.2. The summed E-state index contributed by atoms with van der Waals surface area (Å²) in [7, 11) is 0. The molecule has 0 radical (unpaired) electrons. The molecule has 3 heterocycles. The van der Waals surface area contributed by atoms with Crippen molar-refractivity contribution in [3.05, 3.63) is 41.9 Å². The first-order valence-corrected chi connectivity index (χ1v) is 9.38. The predicted octanol–water partition coefficient (Wildman–Crippen LogP) is 3.35. The van der Waals surface area contributed by atoms with E-state index in [1.807, 2.05) is 0 Å². The lowest BCUT2D eigenvalue weighted by molar-refractivity contribution is -0.138. The molecule has 2 aromatic rings. The van der Waals surface area contributed by atoms with Gasteiger partial charge in [0.05, 0.1) is 0 Å². The summed E-state index contributed by atoms with van der Waals surface area (Å²) in [6, 6.07) is 4.16. The Bertz CT molecular complexity index is 801. The third-order valence-corrected chi connectivity index (χ3v) is 5.83. The quantitative estimate of drug-likeness (QED) is 0.789. The van der Waals surface area contributed by atoms with Gasteiger partial charge in [-0.2, -0.15) is 0 Å². The summed E-state index contributed by atoms with van der Waals surface area (Å²) in [6.45, 7) is 5.93. The Balaban J connectivity index is 1.44. The third kappa shape index (κ3) is 3.08. The number of carbonyl (C=O) groups is 1. The van der Waals surface area contributed by atoms with E-state index in [-0.39, 0.29) is 5.92 Å². The van der Waals surface area contributed by atoms with Gasteiger partial charge >= 0.3 is 0 Å². The van der Waals surface area contributed by atoms with Crippen molar-refractivity contribution in [2.24, 2.45) is 11.8 Å². The van der Waals surface area contributed by atoms with Crippen LogP contribution in [0.5, 0.6) is 0 Å². The van der Waals surface area contributed by atoms with E-state index in [0.717, 1.165) is 50.2 Å². The number of rotatable bonds is 2. The molecule has 1 aliphatic heterocycles. The average molecular weight is 338 g/mol. The molecule has 0 N–H and O–H groups in total. The molecule has 0 spiro atoms. The molecular weight excluding hydrogens is 312 g/mol. The Morgan fingerprint density at radius 2 is 1.92 bits per heavy atom. The molecular formula is C20H26N4O. The number of nitrogens with zero attached hydrogens (tertiary/aromatic N) is 4. The predicted molar refractivity (Wildman–Crippen MR) is 97.3 cm³/mol. The lowest BCUT2D eigenvalue weighted by Crippen LogP contribution is -2.43. The first kappa shape index (κ1) is 16.3. The normalized spacial score (nSPS) is 24.8. The molecule has 0 saturated carbocycles. The first-order chi connectivity index (χ1) is 12.1. The van der Waals surface area contributed by atoms with Crippen LogP contribution >= 0.6 is 0 Å². The zero-order chi connectivity index (χ0) is 17.4. The van der Waals surface area contributed by atoms with Crippen LogP contribution in [0.4, 0.5) is 0 Å². The summed E-state index contributed by atoms with van der Waals surface area (Å²) in [4.78, 5) is 14.9. The number of hydrogen-bond donors (Lipinski definition) is 0. The molecule has 0 aromatic carbocycles. The number of pyridine rings is 1. The lowest BCUT2D eigenvalue weighted by atomic mass is 9.83. The van der Waals surface area contributed by atoms with Gasteiger partial charge in [0, 0.05) is 31.1 Å². The van der Waals surface area contributed by atoms with Gasteiger partial charge < -0.3 is 4.90 Å². The van der Waals surface area contributed by atoms with Gasteiger partial charge in [-0.25, -0.2) is 0 Å². The van der Waals surface area contributed by atoms with Gasteiger partial charge in [0.15, 0.2) is 5.65 Å². The van der Waals surface area contributed by atoms with Crippen LogP contribution in [0.2, 0.25) is 0 Å². The highest BCUT2D eigenvalue weighted by Gasteiger charge is 2.33. The van der Waals surface area contributed by atoms with Gasteiger partial charge in [0.1, 0.15) is 5.82 Å². The van der Waals surface area contributed by atoms with Crippen molar-refractivity contribution in [3.8, 4) is 0 Å². The number of aromatic nitrogens is 3. The number of hydrogen-bond acceptors (Lipinski definition) is 3. The topological polar surface area (TPSA) is 50.5 Å². The van der Waals surface area contributed by atoms with E-state index in [1.165, 1.54) is 5.56 Å². The van der Waals surface area contributed by atoms with Gasteiger partial charge in [0.2, 0.25) is 5.91 Å². The molecule has 1 amide bonds. The van der Waals surface area contributed by atoms with Crippen molar-refractivity contribution in [3.63, 3.8) is 0 Å². The SMILES string of the molecule is Cc1ccn2c(C3CCN(C(=O)[C@@H]4CC=CC[C@H]4C)CC3)nnc2c1. The van der Waals surface area contributed by atoms with Crippen LogP contribution in [-0.2, 0) is 4.79 Å². The summed E-state index contributed by atoms with van der Waals surface area (Å²) in [5.41, 5.74) is 2.11. The van der Waals surface area contributed by atoms with Crippen molar-refractivity contribution >= 4 is 11.6 Å². The van der Waals surface area contributed by atoms with E-state index in [9.17, 15) is 4.79 Å². The number of likely N-dealkylation sites (tertiary alicyclic amines) is 1. The minimum Gasteiger partial charge on any atom is -0.342 e. The lowest BCUT2D eigenvalue weighted by Gasteiger charge is -2.35. The minimum absolute atomic E-state index is 0.165. The molecule has 132 valence electrons. The Hall–Kier alpha value is -2.17. The number of allylic oxidation sites excluding steroid dienone is 2. The molecule has 2 aromatic heterocycles. The Labute approximate surface area is 148 Å². The second-order valence-corrected chi connectivity index (χ2v) is 7.62. The average Bonchev–Trinajstić information content (AvgIpc) is 3.04. The molecule has 2 aliphatic rings. The van der Waals surface area contributed by atoms with Crippen LogP contribution in [0.15, 0.2) is 30.5 Å². The molecule has 1 fully saturated rings. The van der Waals surface area contributed by atoms with Crippen molar-refractivity contribution in [1.29, 1.82) is 0 Å². The Morgan fingerprint density at radius 1 is 1.16 bits per heavy atom. The smallest absolute Gasteiger partial charge is 0.226 e. The first-order valence-electron chi connectivity index (χ1n) is 9.38. The number of amides is 1. The van der Waals surface area contributed by atoms with Gasteiger partial charge in [-0.1, -0.05) is 19.1 Å². The van der Waals surface area contributed by atoms with E-state index in [0.29, 0.717) is 17.7 Å². The zero-order valence-electron chi connectivity index (χ0n) is 15.1. The highest BCUT2D eigenvalue weighted by Crippen LogP contribution is 2.31. The molecule has 1 aliphatic carbocycles. The molecule has 4 rings (SSSR count). The van der Waals surface area contributed by atoms with E-state index in [2.05, 4.69) is 63.8 Å². The standard InChI is InChI=1S/C20H26N4O/c1-14-7-12-24-18(13-14)21-22-19(24)16-8-10-23(11-9-16)20(25)17-6-4-3-5-15(17)2/h3-4,7,12-13,15-17H,5-6,8-11H2,1-2H3/t15-,17-/m1/s1. The fraction of sp³-hybridized carbons (Fsp3) is 0.550. The van der Waals surface area contributed by atoms with Gasteiger partial charge in [-0.05, 0) is 56.2 Å². The van der Waals surface area contributed by atoms with Gasteiger partial charge in [-0.15, -0.1) is 10.2 Å². The van der Waals surface area contributed by atoms with Gasteiger partial charge in [-0.3, -0.25) is 9.20 Å². The molecule has 25 heavy (non-hydrogen) atoms. The maximum absolute atomic E-state index is 12.9. The maximum Gasteiger partial charge on any atom is 0.226 e. The van der Waals surface area contributed by atoms with E-state index < -0.39 is 0 Å². The monoisotopic (exact) mass is 338 g/mol. The van der Waals surface area contributed by atoms with Crippen molar-refractivity contribution in [2.45, 2.75) is 45.4 Å². The maximum atomic E-state index is 12.9. The zero-order valence-corrected chi connectivity index (χ0v) is 15.1. The van der Waals surface area contributed by atoms with E-state index in [4.69, 9.17) is 0 Å². The molecule has 2 atom stereocenters. The van der Waals surface area contributed by atoms with Crippen LogP contribution in [0, 0.1) is 18.8 Å². The largest absolute Gasteiger partial charge is 0.342 e. The van der Waals surface area contributed by atoms with Crippen LogP contribution in [0.3, 0.4) is 0 Å². The molecule has 5 heteroatoms. The summed E-state index contributed by atoms with van der Waals surface area (Å²) >= 11 is 0. The minimum atomic E-state index is 0.165. The van der Waals surface area contributed by atoms with Crippen LogP contribution < -0.4 is 0 Å². The number of fused-ring (bicyclic) bond motifs is 1. The molecule has 0 bridgehead atoms. The van der Waals surface area contributed by atoms with Gasteiger partial charge in [0.25, 0.3) is 0 Å². The van der Waals surface area contributed by atoms with E-state index >= 15 is 0 Å². The molecule has 5 nitrogen and oxygen atoms in total. The van der Waals surface area contributed by atoms with Crippen LogP contribution in [0.25, 0.3) is 5.65 Å². The second-order valence-electron chi connectivity index (χ2n) is 7.62. The van der Waals surface area contributed by atoms with Crippen LogP contribution in [0.1, 0.15) is 49.9 Å². The summed E-state index contributed by atoms with van der Waals surface area (Å²) in [5.74, 6) is 2.39. The fourth-order valence-corrected chi connectivity index (χ4v) is 4.18. The summed E-state index contributed by atoms with van der Waals surface area (Å²) < 4.78 is 2.10. The van der Waals surface area contributed by atoms with Crippen molar-refractivity contribution in [2.75, 3.05) is 13.1 Å². The van der Waals surface area contributed by atoms with Crippen molar-refractivity contribution < 1.29 is 4.79 Å². The fourth-order valence-electron chi connectivity index (χ4n) is 4.18. The van der Waals surface area contributed by atoms with Crippen molar-refractivity contribution in [1.82, 2.24) is 19.5 Å². The number of carbonyl (C=O) groups excluding carboxylic acids is 1. The van der Waals surface area contributed by atoms with Crippen LogP contribution in [-0.4, -0.2) is 38.5 Å². The molecule has 1 saturated heterocycles. The third-order valence-electron chi connectivity index (χ3n) is 5.83. The number of piperidine rings is 1. The molecule has 0 unspecified atom stereocenters. The summed E-state index contributed by atoms with van der Waals surface area (Å²) in [6.07, 6.45) is 10.3. The Morgan fingerprint density at radius 3 is 2.68 bits per heavy atom.